The first-order valence-corrected chi connectivity index (χ1v) is 4.54. The lowest BCUT2D eigenvalue weighted by Crippen LogP contribution is -2.19. The fraction of sp³-hybridized carbons (Fsp3) is 0.222. The van der Waals surface area contributed by atoms with Gasteiger partial charge < -0.3 is 5.73 Å². The second kappa shape index (κ2) is 4.27. The number of nitro benzene ring substituents is 1. The molecule has 80 valence electrons. The van der Waals surface area contributed by atoms with E-state index in [9.17, 15) is 14.9 Å². The average molecular weight is 229 g/mol. The van der Waals surface area contributed by atoms with Gasteiger partial charge in [0.25, 0.3) is 5.69 Å². The lowest BCUT2D eigenvalue weighted by Gasteiger charge is -2.08. The van der Waals surface area contributed by atoms with Crippen molar-refractivity contribution in [2.45, 2.75) is 12.8 Å². The third-order valence-electron chi connectivity index (χ3n) is 2.09. The van der Waals surface area contributed by atoms with Crippen molar-refractivity contribution in [2.24, 2.45) is 5.73 Å². The van der Waals surface area contributed by atoms with E-state index in [-0.39, 0.29) is 10.7 Å². The number of carbonyl (C=O) groups is 1. The van der Waals surface area contributed by atoms with E-state index in [1.165, 1.54) is 18.2 Å². The number of hydrogen-bond acceptors (Lipinski definition) is 3. The largest absolute Gasteiger partial charge is 0.369 e. The highest BCUT2D eigenvalue weighted by Gasteiger charge is 2.17. The van der Waals surface area contributed by atoms with E-state index in [2.05, 4.69) is 0 Å². The summed E-state index contributed by atoms with van der Waals surface area (Å²) in [5.41, 5.74) is 5.49. The highest BCUT2D eigenvalue weighted by molar-refractivity contribution is 6.31. The Hall–Kier alpha value is -1.62. The van der Waals surface area contributed by atoms with E-state index in [1.807, 2.05) is 0 Å². The maximum absolute atomic E-state index is 10.9. The van der Waals surface area contributed by atoms with Crippen molar-refractivity contribution in [2.75, 3.05) is 0 Å². The molecule has 0 heterocycles. The lowest BCUT2D eigenvalue weighted by molar-refractivity contribution is -0.384. The van der Waals surface area contributed by atoms with Gasteiger partial charge in [-0.15, -0.1) is 0 Å². The van der Waals surface area contributed by atoms with Crippen LogP contribution in [0.5, 0.6) is 0 Å². The third-order valence-corrected chi connectivity index (χ3v) is 2.42. The predicted molar refractivity (Wildman–Crippen MR) is 55.7 cm³/mol. The summed E-state index contributed by atoms with van der Waals surface area (Å²) in [6, 6.07) is 3.94. The maximum Gasteiger partial charge on any atom is 0.270 e. The van der Waals surface area contributed by atoms with Crippen LogP contribution in [-0.2, 0) is 4.79 Å². The highest BCUT2D eigenvalue weighted by Crippen LogP contribution is 2.27. The smallest absolute Gasteiger partial charge is 0.270 e. The Morgan fingerprint density at radius 3 is 2.60 bits per heavy atom. The molecule has 1 atom stereocenters. The zero-order valence-corrected chi connectivity index (χ0v) is 8.69. The Labute approximate surface area is 91.0 Å². The molecule has 0 aliphatic rings. The number of primary amides is 1. The van der Waals surface area contributed by atoms with E-state index in [1.54, 1.807) is 6.92 Å². The van der Waals surface area contributed by atoms with E-state index in [0.717, 1.165) is 0 Å². The van der Waals surface area contributed by atoms with Crippen LogP contribution in [-0.4, -0.2) is 10.8 Å². The van der Waals surface area contributed by atoms with E-state index in [4.69, 9.17) is 17.3 Å². The van der Waals surface area contributed by atoms with Crippen molar-refractivity contribution in [3.8, 4) is 0 Å². The third kappa shape index (κ3) is 2.44. The van der Waals surface area contributed by atoms with Crippen LogP contribution in [0, 0.1) is 10.1 Å². The fourth-order valence-corrected chi connectivity index (χ4v) is 1.47. The molecule has 0 spiro atoms. The zero-order chi connectivity index (χ0) is 11.6. The second-order valence-corrected chi connectivity index (χ2v) is 3.49. The molecule has 1 rings (SSSR count). The number of carbonyl (C=O) groups excluding carboxylic acids is 1. The van der Waals surface area contributed by atoms with Crippen molar-refractivity contribution in [3.05, 3.63) is 38.9 Å². The number of rotatable bonds is 3. The number of amides is 1. The van der Waals surface area contributed by atoms with Gasteiger partial charge in [0.15, 0.2) is 0 Å². The van der Waals surface area contributed by atoms with Crippen molar-refractivity contribution < 1.29 is 9.72 Å². The molecule has 0 saturated heterocycles. The van der Waals surface area contributed by atoms with Gasteiger partial charge in [0.05, 0.1) is 15.9 Å². The van der Waals surface area contributed by atoms with Gasteiger partial charge in [-0.25, -0.2) is 0 Å². The number of non-ortho nitro benzene ring substituents is 1. The number of halogens is 1. The summed E-state index contributed by atoms with van der Waals surface area (Å²) in [4.78, 5) is 20.8. The summed E-state index contributed by atoms with van der Waals surface area (Å²) in [7, 11) is 0. The normalized spacial score (nSPS) is 12.1. The lowest BCUT2D eigenvalue weighted by atomic mass is 10.0. The minimum absolute atomic E-state index is 0.111. The molecule has 1 amide bonds. The van der Waals surface area contributed by atoms with Gasteiger partial charge in [-0.1, -0.05) is 11.6 Å². The minimum atomic E-state index is -0.557. The summed E-state index contributed by atoms with van der Waals surface area (Å²) in [5, 5.41) is 10.6. The molecular weight excluding hydrogens is 220 g/mol. The Kier molecular flexibility index (Phi) is 3.26. The Morgan fingerprint density at radius 1 is 1.60 bits per heavy atom. The molecule has 0 aliphatic heterocycles. The molecule has 15 heavy (non-hydrogen) atoms. The van der Waals surface area contributed by atoms with Gasteiger partial charge in [-0.3, -0.25) is 14.9 Å². The predicted octanol–water partition coefficient (Wildman–Crippen LogP) is 1.84. The van der Waals surface area contributed by atoms with Gasteiger partial charge in [0.1, 0.15) is 0 Å². The highest BCUT2D eigenvalue weighted by atomic mass is 35.5. The minimum Gasteiger partial charge on any atom is -0.369 e. The summed E-state index contributed by atoms with van der Waals surface area (Å²) in [6.07, 6.45) is 0. The van der Waals surface area contributed by atoms with Crippen LogP contribution in [0.15, 0.2) is 18.2 Å². The molecule has 2 N–H and O–H groups in total. The number of benzene rings is 1. The molecule has 5 nitrogen and oxygen atoms in total. The molecule has 1 aromatic rings. The van der Waals surface area contributed by atoms with E-state index < -0.39 is 16.7 Å². The zero-order valence-electron chi connectivity index (χ0n) is 7.94. The van der Waals surface area contributed by atoms with Crippen molar-refractivity contribution in [1.82, 2.24) is 0 Å². The number of nitrogens with two attached hydrogens (primary N) is 1. The summed E-state index contributed by atoms with van der Waals surface area (Å²) >= 11 is 5.80. The van der Waals surface area contributed by atoms with Gasteiger partial charge in [-0.2, -0.15) is 0 Å². The van der Waals surface area contributed by atoms with Crippen LogP contribution in [0.25, 0.3) is 0 Å². The Balaban J connectivity index is 3.13. The first-order chi connectivity index (χ1) is 6.93. The summed E-state index contributed by atoms with van der Waals surface area (Å²) < 4.78 is 0. The first kappa shape index (κ1) is 11.5. The summed E-state index contributed by atoms with van der Waals surface area (Å²) in [6.45, 7) is 1.59. The number of nitrogens with zero attached hydrogens (tertiary/aromatic N) is 1. The van der Waals surface area contributed by atoms with Gasteiger partial charge in [0, 0.05) is 12.1 Å². The molecule has 0 aromatic heterocycles. The molecule has 1 unspecified atom stereocenters. The van der Waals surface area contributed by atoms with Crippen LogP contribution in [0.2, 0.25) is 5.02 Å². The second-order valence-electron chi connectivity index (χ2n) is 3.09. The van der Waals surface area contributed by atoms with Crippen LogP contribution in [0.1, 0.15) is 18.4 Å². The molecule has 0 fully saturated rings. The van der Waals surface area contributed by atoms with Gasteiger partial charge >= 0.3 is 0 Å². The molecule has 0 bridgehead atoms. The first-order valence-electron chi connectivity index (χ1n) is 4.16. The maximum atomic E-state index is 10.9. The Bertz CT molecular complexity index is 420. The van der Waals surface area contributed by atoms with Crippen molar-refractivity contribution in [1.29, 1.82) is 0 Å². The van der Waals surface area contributed by atoms with E-state index >= 15 is 0 Å². The molecule has 1 aromatic carbocycles. The topological polar surface area (TPSA) is 86.2 Å². The quantitative estimate of drug-likeness (QED) is 0.633. The number of nitro groups is 1. The molecular formula is C9H9ClN2O3. The number of hydrogen-bond donors (Lipinski definition) is 1. The average Bonchev–Trinajstić information content (AvgIpc) is 2.16. The van der Waals surface area contributed by atoms with Gasteiger partial charge in [-0.05, 0) is 18.6 Å². The van der Waals surface area contributed by atoms with Gasteiger partial charge in [0.2, 0.25) is 5.91 Å². The Morgan fingerprint density at radius 2 is 2.20 bits per heavy atom. The summed E-state index contributed by atoms with van der Waals surface area (Å²) in [5.74, 6) is -1.08. The fourth-order valence-electron chi connectivity index (χ4n) is 1.13. The molecule has 0 aliphatic carbocycles. The molecule has 0 radical (unpaired) electrons. The van der Waals surface area contributed by atoms with E-state index in [0.29, 0.717) is 5.56 Å². The standard InChI is InChI=1S/C9H9ClN2O3/c1-5(9(11)13)7-3-2-6(12(14)15)4-8(7)10/h2-5H,1H3,(H2,11,13). The molecule has 6 heteroatoms. The van der Waals surface area contributed by atoms with Crippen LogP contribution < -0.4 is 5.73 Å². The van der Waals surface area contributed by atoms with Crippen LogP contribution >= 0.6 is 11.6 Å². The van der Waals surface area contributed by atoms with Crippen molar-refractivity contribution in [3.63, 3.8) is 0 Å². The van der Waals surface area contributed by atoms with Crippen molar-refractivity contribution >= 4 is 23.2 Å². The molecule has 0 saturated carbocycles. The van der Waals surface area contributed by atoms with Crippen LogP contribution in [0.3, 0.4) is 0 Å². The monoisotopic (exact) mass is 228 g/mol. The SMILES string of the molecule is CC(C(N)=O)c1ccc([N+](=O)[O-])cc1Cl. The van der Waals surface area contributed by atoms with Crippen LogP contribution in [0.4, 0.5) is 5.69 Å².